The van der Waals surface area contributed by atoms with Gasteiger partial charge in [0.2, 0.25) is 0 Å². The maximum Gasteiger partial charge on any atom is 0.154 e. The van der Waals surface area contributed by atoms with Crippen LogP contribution in [0, 0.1) is 6.92 Å². The van der Waals surface area contributed by atoms with Crippen LogP contribution >= 0.6 is 0 Å². The van der Waals surface area contributed by atoms with Gasteiger partial charge in [-0.2, -0.15) is 5.10 Å². The molecule has 0 radical (unpaired) electrons. The summed E-state index contributed by atoms with van der Waals surface area (Å²) < 4.78 is 0. The number of likely N-dealkylation sites (N-methyl/N-ethyl adjacent to an activating group) is 1. The Morgan fingerprint density at radius 3 is 2.83 bits per heavy atom. The number of nitrogens with zero attached hydrogens (tertiary/aromatic N) is 2. The predicted molar refractivity (Wildman–Crippen MR) is 48.1 cm³/mol. The molecule has 1 aromatic heterocycles. The molecule has 0 aliphatic heterocycles. The molecule has 1 heterocycles. The maximum atomic E-state index is 4.26. The SMILES string of the molecule is CCNCC(C)c1n[nH]c(C)n1. The lowest BCUT2D eigenvalue weighted by atomic mass is 10.2. The number of aromatic nitrogens is 3. The average Bonchev–Trinajstić information content (AvgIpc) is 2.47. The smallest absolute Gasteiger partial charge is 0.154 e. The van der Waals surface area contributed by atoms with Crippen molar-refractivity contribution in [3.8, 4) is 0 Å². The van der Waals surface area contributed by atoms with Crippen molar-refractivity contribution in [3.05, 3.63) is 11.6 Å². The summed E-state index contributed by atoms with van der Waals surface area (Å²) in [6.07, 6.45) is 0. The highest BCUT2D eigenvalue weighted by Crippen LogP contribution is 2.07. The molecule has 0 spiro atoms. The maximum absolute atomic E-state index is 4.26. The van der Waals surface area contributed by atoms with Crippen LogP contribution in [-0.2, 0) is 0 Å². The molecule has 4 nitrogen and oxygen atoms in total. The van der Waals surface area contributed by atoms with Gasteiger partial charge in [-0.25, -0.2) is 4.98 Å². The predicted octanol–water partition coefficient (Wildman–Crippen LogP) is 0.826. The number of rotatable bonds is 4. The minimum Gasteiger partial charge on any atom is -0.316 e. The number of hydrogen-bond acceptors (Lipinski definition) is 3. The lowest BCUT2D eigenvalue weighted by Crippen LogP contribution is -2.20. The Balaban J connectivity index is 2.47. The van der Waals surface area contributed by atoms with E-state index >= 15 is 0 Å². The second-order valence-corrected chi connectivity index (χ2v) is 2.99. The van der Waals surface area contributed by atoms with Gasteiger partial charge in [0.05, 0.1) is 0 Å². The molecular weight excluding hydrogens is 152 g/mol. The van der Waals surface area contributed by atoms with Gasteiger partial charge in [0.25, 0.3) is 0 Å². The monoisotopic (exact) mass is 168 g/mol. The highest BCUT2D eigenvalue weighted by Gasteiger charge is 2.08. The summed E-state index contributed by atoms with van der Waals surface area (Å²) in [7, 11) is 0. The molecule has 12 heavy (non-hydrogen) atoms. The normalized spacial score (nSPS) is 13.2. The molecule has 0 bridgehead atoms. The first-order valence-corrected chi connectivity index (χ1v) is 4.33. The fourth-order valence-corrected chi connectivity index (χ4v) is 1.03. The van der Waals surface area contributed by atoms with Crippen molar-refractivity contribution in [1.29, 1.82) is 0 Å². The molecule has 0 fully saturated rings. The van der Waals surface area contributed by atoms with Crippen LogP contribution in [0.3, 0.4) is 0 Å². The Morgan fingerprint density at radius 2 is 2.33 bits per heavy atom. The van der Waals surface area contributed by atoms with E-state index in [1.807, 2.05) is 6.92 Å². The summed E-state index contributed by atoms with van der Waals surface area (Å²) >= 11 is 0. The van der Waals surface area contributed by atoms with E-state index in [0.29, 0.717) is 5.92 Å². The number of aryl methyl sites for hydroxylation is 1. The zero-order valence-electron chi connectivity index (χ0n) is 7.89. The third kappa shape index (κ3) is 2.30. The van der Waals surface area contributed by atoms with Crippen molar-refractivity contribution in [1.82, 2.24) is 20.5 Å². The van der Waals surface area contributed by atoms with Gasteiger partial charge in [0.1, 0.15) is 5.82 Å². The largest absolute Gasteiger partial charge is 0.316 e. The van der Waals surface area contributed by atoms with E-state index in [-0.39, 0.29) is 0 Å². The second-order valence-electron chi connectivity index (χ2n) is 2.99. The van der Waals surface area contributed by atoms with Gasteiger partial charge in [-0.1, -0.05) is 13.8 Å². The molecule has 2 N–H and O–H groups in total. The Morgan fingerprint density at radius 1 is 1.58 bits per heavy atom. The van der Waals surface area contributed by atoms with Crippen LogP contribution in [0.25, 0.3) is 0 Å². The zero-order chi connectivity index (χ0) is 8.97. The van der Waals surface area contributed by atoms with Crippen LogP contribution in [-0.4, -0.2) is 28.3 Å². The highest BCUT2D eigenvalue weighted by molar-refractivity contribution is 4.95. The van der Waals surface area contributed by atoms with Gasteiger partial charge < -0.3 is 5.32 Å². The number of H-pyrrole nitrogens is 1. The van der Waals surface area contributed by atoms with Crippen LogP contribution in [0.2, 0.25) is 0 Å². The van der Waals surface area contributed by atoms with Crippen molar-refractivity contribution < 1.29 is 0 Å². The van der Waals surface area contributed by atoms with E-state index in [9.17, 15) is 0 Å². The molecule has 0 aliphatic rings. The van der Waals surface area contributed by atoms with Crippen molar-refractivity contribution in [3.63, 3.8) is 0 Å². The first kappa shape index (κ1) is 9.19. The Bertz CT molecular complexity index is 231. The molecular formula is C8H16N4. The third-order valence-corrected chi connectivity index (χ3v) is 1.76. The topological polar surface area (TPSA) is 53.6 Å². The van der Waals surface area contributed by atoms with E-state index in [2.05, 4.69) is 34.3 Å². The van der Waals surface area contributed by atoms with Crippen molar-refractivity contribution in [2.24, 2.45) is 0 Å². The second kappa shape index (κ2) is 4.21. The zero-order valence-corrected chi connectivity index (χ0v) is 7.89. The fourth-order valence-electron chi connectivity index (χ4n) is 1.03. The highest BCUT2D eigenvalue weighted by atomic mass is 15.2. The third-order valence-electron chi connectivity index (χ3n) is 1.76. The van der Waals surface area contributed by atoms with Gasteiger partial charge in [-0.05, 0) is 13.5 Å². The lowest BCUT2D eigenvalue weighted by Gasteiger charge is -2.06. The summed E-state index contributed by atoms with van der Waals surface area (Å²) in [5.41, 5.74) is 0. The van der Waals surface area contributed by atoms with Crippen LogP contribution in [0.4, 0.5) is 0 Å². The minimum absolute atomic E-state index is 0.384. The van der Waals surface area contributed by atoms with E-state index in [0.717, 1.165) is 24.7 Å². The van der Waals surface area contributed by atoms with Crippen molar-refractivity contribution in [2.75, 3.05) is 13.1 Å². The molecule has 0 saturated carbocycles. The molecule has 1 unspecified atom stereocenters. The lowest BCUT2D eigenvalue weighted by molar-refractivity contribution is 0.610. The molecule has 0 amide bonds. The quantitative estimate of drug-likeness (QED) is 0.700. The Hall–Kier alpha value is -0.900. The van der Waals surface area contributed by atoms with Crippen molar-refractivity contribution in [2.45, 2.75) is 26.7 Å². The van der Waals surface area contributed by atoms with Crippen LogP contribution in [0.15, 0.2) is 0 Å². The molecule has 1 rings (SSSR count). The standard InChI is InChI=1S/C8H16N4/c1-4-9-5-6(2)8-10-7(3)11-12-8/h6,9H,4-5H2,1-3H3,(H,10,11,12). The van der Waals surface area contributed by atoms with Crippen LogP contribution in [0.1, 0.15) is 31.4 Å². The van der Waals surface area contributed by atoms with Gasteiger partial charge in [-0.15, -0.1) is 0 Å². The van der Waals surface area contributed by atoms with E-state index in [4.69, 9.17) is 0 Å². The van der Waals surface area contributed by atoms with E-state index in [1.54, 1.807) is 0 Å². The Labute approximate surface area is 72.8 Å². The van der Waals surface area contributed by atoms with E-state index in [1.165, 1.54) is 0 Å². The molecule has 0 saturated heterocycles. The summed E-state index contributed by atoms with van der Waals surface area (Å²) in [5, 5.41) is 10.2. The molecule has 0 aliphatic carbocycles. The van der Waals surface area contributed by atoms with Gasteiger partial charge in [0, 0.05) is 12.5 Å². The molecule has 1 atom stereocenters. The summed E-state index contributed by atoms with van der Waals surface area (Å²) in [4.78, 5) is 4.26. The van der Waals surface area contributed by atoms with Gasteiger partial charge in [0.15, 0.2) is 5.82 Å². The first-order valence-electron chi connectivity index (χ1n) is 4.33. The molecule has 0 aromatic carbocycles. The van der Waals surface area contributed by atoms with Crippen LogP contribution < -0.4 is 5.32 Å². The van der Waals surface area contributed by atoms with E-state index < -0.39 is 0 Å². The molecule has 4 heteroatoms. The fraction of sp³-hybridized carbons (Fsp3) is 0.750. The van der Waals surface area contributed by atoms with Crippen molar-refractivity contribution >= 4 is 0 Å². The number of nitrogens with one attached hydrogen (secondary N) is 2. The Kier molecular flexibility index (Phi) is 3.22. The van der Waals surface area contributed by atoms with Gasteiger partial charge >= 0.3 is 0 Å². The first-order chi connectivity index (χ1) is 5.74. The summed E-state index contributed by atoms with van der Waals surface area (Å²) in [6.45, 7) is 8.05. The number of hydrogen-bond donors (Lipinski definition) is 2. The minimum atomic E-state index is 0.384. The van der Waals surface area contributed by atoms with Crippen LogP contribution in [0.5, 0.6) is 0 Å². The molecule has 68 valence electrons. The summed E-state index contributed by atoms with van der Waals surface area (Å²) in [6, 6.07) is 0. The van der Waals surface area contributed by atoms with Gasteiger partial charge in [-0.3, -0.25) is 5.10 Å². The average molecular weight is 168 g/mol. The molecule has 1 aromatic rings. The number of aromatic amines is 1. The summed E-state index contributed by atoms with van der Waals surface area (Å²) in [5.74, 6) is 2.16.